The fourth-order valence-corrected chi connectivity index (χ4v) is 3.70. The molecule has 0 unspecified atom stereocenters. The van der Waals surface area contributed by atoms with Gasteiger partial charge in [0.2, 0.25) is 0 Å². The van der Waals surface area contributed by atoms with Crippen molar-refractivity contribution in [1.82, 2.24) is 10.3 Å². The highest BCUT2D eigenvalue weighted by Crippen LogP contribution is 2.43. The highest BCUT2D eigenvalue weighted by Gasteiger charge is 2.34. The fraction of sp³-hybridized carbons (Fsp3) is 0.533. The molecular formula is C15H20N2S. The number of nitrogens with one attached hydrogen (secondary N) is 1. The van der Waals surface area contributed by atoms with Crippen molar-refractivity contribution in [2.45, 2.75) is 39.2 Å². The summed E-state index contributed by atoms with van der Waals surface area (Å²) in [7, 11) is 0. The van der Waals surface area contributed by atoms with Gasteiger partial charge in [0, 0.05) is 13.1 Å². The molecule has 96 valence electrons. The van der Waals surface area contributed by atoms with Gasteiger partial charge in [-0.05, 0) is 36.8 Å². The maximum atomic E-state index is 4.66. The van der Waals surface area contributed by atoms with Crippen LogP contribution in [0.4, 0.5) is 0 Å². The van der Waals surface area contributed by atoms with Crippen LogP contribution in [0.3, 0.4) is 0 Å². The number of aromatic nitrogens is 1. The second kappa shape index (κ2) is 4.98. The summed E-state index contributed by atoms with van der Waals surface area (Å²) in [4.78, 5) is 4.66. The number of para-hydroxylation sites is 1. The average Bonchev–Trinajstić information content (AvgIpc) is 2.75. The Morgan fingerprint density at radius 2 is 2.17 bits per heavy atom. The summed E-state index contributed by atoms with van der Waals surface area (Å²) in [5, 5.41) is 4.81. The van der Waals surface area contributed by atoms with Gasteiger partial charge < -0.3 is 5.32 Å². The van der Waals surface area contributed by atoms with Crippen molar-refractivity contribution in [3.63, 3.8) is 0 Å². The highest BCUT2D eigenvalue weighted by atomic mass is 32.1. The third kappa shape index (κ3) is 2.29. The zero-order chi connectivity index (χ0) is 12.4. The zero-order valence-corrected chi connectivity index (χ0v) is 11.7. The molecular weight excluding hydrogens is 240 g/mol. The maximum Gasteiger partial charge on any atom is 0.108 e. The van der Waals surface area contributed by atoms with E-state index in [9.17, 15) is 0 Å². The minimum Gasteiger partial charge on any atom is -0.310 e. The summed E-state index contributed by atoms with van der Waals surface area (Å²) < 4.78 is 1.29. The molecule has 1 heterocycles. The lowest BCUT2D eigenvalue weighted by Crippen LogP contribution is -2.39. The summed E-state index contributed by atoms with van der Waals surface area (Å²) in [6.45, 7) is 4.39. The van der Waals surface area contributed by atoms with Gasteiger partial charge in [0.1, 0.15) is 5.01 Å². The largest absolute Gasteiger partial charge is 0.310 e. The van der Waals surface area contributed by atoms with Crippen molar-refractivity contribution >= 4 is 21.6 Å². The summed E-state index contributed by atoms with van der Waals surface area (Å²) >= 11 is 1.81. The monoisotopic (exact) mass is 260 g/mol. The van der Waals surface area contributed by atoms with Crippen LogP contribution in [-0.2, 0) is 6.54 Å². The van der Waals surface area contributed by atoms with Crippen LogP contribution in [0.25, 0.3) is 10.2 Å². The molecule has 0 radical (unpaired) electrons. The summed E-state index contributed by atoms with van der Waals surface area (Å²) in [5.41, 5.74) is 1.73. The topological polar surface area (TPSA) is 24.9 Å². The van der Waals surface area contributed by atoms with Crippen LogP contribution in [-0.4, -0.2) is 11.5 Å². The van der Waals surface area contributed by atoms with Gasteiger partial charge in [-0.25, -0.2) is 4.98 Å². The van der Waals surface area contributed by atoms with Crippen molar-refractivity contribution in [1.29, 1.82) is 0 Å². The van der Waals surface area contributed by atoms with Crippen LogP contribution in [0.2, 0.25) is 0 Å². The Hall–Kier alpha value is -0.930. The van der Waals surface area contributed by atoms with Crippen LogP contribution in [0, 0.1) is 5.41 Å². The van der Waals surface area contributed by atoms with Crippen LogP contribution in [0.1, 0.15) is 37.6 Å². The van der Waals surface area contributed by atoms with E-state index in [1.807, 2.05) is 11.3 Å². The van der Waals surface area contributed by atoms with E-state index in [1.54, 1.807) is 0 Å². The zero-order valence-electron chi connectivity index (χ0n) is 10.9. The Labute approximate surface area is 112 Å². The van der Waals surface area contributed by atoms with Gasteiger partial charge in [-0.15, -0.1) is 11.3 Å². The Balaban J connectivity index is 1.59. The Bertz CT molecular complexity index is 490. The molecule has 0 bridgehead atoms. The molecule has 1 aliphatic carbocycles. The van der Waals surface area contributed by atoms with Gasteiger partial charge in [0.15, 0.2) is 0 Å². The minimum absolute atomic E-state index is 0.594. The minimum atomic E-state index is 0.594. The third-order valence-corrected chi connectivity index (χ3v) is 5.32. The molecule has 0 spiro atoms. The Kier molecular flexibility index (Phi) is 3.35. The van der Waals surface area contributed by atoms with Crippen LogP contribution in [0.5, 0.6) is 0 Å². The van der Waals surface area contributed by atoms with Gasteiger partial charge >= 0.3 is 0 Å². The molecule has 0 amide bonds. The molecule has 2 aromatic rings. The molecule has 3 rings (SSSR count). The smallest absolute Gasteiger partial charge is 0.108 e. The van der Waals surface area contributed by atoms with Crippen LogP contribution < -0.4 is 5.32 Å². The first-order chi connectivity index (χ1) is 8.81. The average molecular weight is 260 g/mol. The van der Waals surface area contributed by atoms with Crippen molar-refractivity contribution in [2.75, 3.05) is 6.54 Å². The number of thiazole rings is 1. The van der Waals surface area contributed by atoms with E-state index in [1.165, 1.54) is 35.4 Å². The van der Waals surface area contributed by atoms with E-state index in [2.05, 4.69) is 41.5 Å². The maximum absolute atomic E-state index is 4.66. The van der Waals surface area contributed by atoms with Gasteiger partial charge in [-0.2, -0.15) is 0 Å². The normalized spacial score (nSPS) is 17.8. The van der Waals surface area contributed by atoms with Crippen LogP contribution >= 0.6 is 11.3 Å². The molecule has 1 N–H and O–H groups in total. The van der Waals surface area contributed by atoms with E-state index in [0.717, 1.165) is 18.6 Å². The first-order valence-electron chi connectivity index (χ1n) is 6.86. The number of benzene rings is 1. The fourth-order valence-electron chi connectivity index (χ4n) is 2.76. The molecule has 1 aromatic carbocycles. The number of hydrogen-bond acceptors (Lipinski definition) is 3. The lowest BCUT2D eigenvalue weighted by atomic mass is 9.67. The number of rotatable bonds is 5. The molecule has 0 atom stereocenters. The van der Waals surface area contributed by atoms with Crippen molar-refractivity contribution < 1.29 is 0 Å². The summed E-state index contributed by atoms with van der Waals surface area (Å²) in [6, 6.07) is 8.38. The first kappa shape index (κ1) is 12.1. The number of nitrogens with zero attached hydrogens (tertiary/aromatic N) is 1. The second-order valence-corrected chi connectivity index (χ2v) is 6.50. The standard InChI is InChI=1S/C15H20N2S/c1-2-15(8-5-9-15)11-16-10-14-17-12-6-3-4-7-13(12)18-14/h3-4,6-7,16H,2,5,8-11H2,1H3. The van der Waals surface area contributed by atoms with Gasteiger partial charge in [-0.3, -0.25) is 0 Å². The third-order valence-electron chi connectivity index (χ3n) is 4.28. The van der Waals surface area contributed by atoms with Gasteiger partial charge in [-0.1, -0.05) is 25.5 Å². The first-order valence-corrected chi connectivity index (χ1v) is 7.68. The number of fused-ring (bicyclic) bond motifs is 1. The predicted octanol–water partition coefficient (Wildman–Crippen LogP) is 3.97. The van der Waals surface area contributed by atoms with Crippen molar-refractivity contribution in [2.24, 2.45) is 5.41 Å². The molecule has 0 saturated heterocycles. The summed E-state index contributed by atoms with van der Waals surface area (Å²) in [6.07, 6.45) is 5.52. The lowest BCUT2D eigenvalue weighted by molar-refractivity contribution is 0.124. The molecule has 1 saturated carbocycles. The Morgan fingerprint density at radius 1 is 1.33 bits per heavy atom. The van der Waals surface area contributed by atoms with Gasteiger partial charge in [0.05, 0.1) is 10.2 Å². The molecule has 18 heavy (non-hydrogen) atoms. The number of hydrogen-bond donors (Lipinski definition) is 1. The predicted molar refractivity (Wildman–Crippen MR) is 77.9 cm³/mol. The molecule has 2 nitrogen and oxygen atoms in total. The van der Waals surface area contributed by atoms with E-state index < -0.39 is 0 Å². The second-order valence-electron chi connectivity index (χ2n) is 5.39. The molecule has 1 aromatic heterocycles. The van der Waals surface area contributed by atoms with E-state index in [0.29, 0.717) is 5.41 Å². The van der Waals surface area contributed by atoms with Gasteiger partial charge in [0.25, 0.3) is 0 Å². The molecule has 0 aliphatic heterocycles. The highest BCUT2D eigenvalue weighted by molar-refractivity contribution is 7.18. The van der Waals surface area contributed by atoms with E-state index in [-0.39, 0.29) is 0 Å². The lowest BCUT2D eigenvalue weighted by Gasteiger charge is -2.41. The molecule has 3 heteroatoms. The summed E-state index contributed by atoms with van der Waals surface area (Å²) in [5.74, 6) is 0. The van der Waals surface area contributed by atoms with Crippen molar-refractivity contribution in [3.8, 4) is 0 Å². The molecule has 1 fully saturated rings. The molecule has 1 aliphatic rings. The van der Waals surface area contributed by atoms with E-state index >= 15 is 0 Å². The van der Waals surface area contributed by atoms with Crippen molar-refractivity contribution in [3.05, 3.63) is 29.3 Å². The SMILES string of the molecule is CCC1(CNCc2nc3ccccc3s2)CCC1. The Morgan fingerprint density at radius 3 is 2.83 bits per heavy atom. The quantitative estimate of drug-likeness (QED) is 0.880. The van der Waals surface area contributed by atoms with E-state index in [4.69, 9.17) is 0 Å². The van der Waals surface area contributed by atoms with Crippen LogP contribution in [0.15, 0.2) is 24.3 Å².